The molecule has 0 radical (unpaired) electrons. The zero-order valence-corrected chi connectivity index (χ0v) is 11.6. The molecule has 1 aromatic rings. The maximum atomic E-state index is 12.9. The van der Waals surface area contributed by atoms with E-state index in [9.17, 15) is 18.0 Å². The first-order valence-electron chi connectivity index (χ1n) is 6.10. The Labute approximate surface area is 115 Å². The SMILES string of the molecule is CC(C)CN(C)C(=O)c1cccc(C(F)(F)F)c1NN. The number of hydrogen-bond acceptors (Lipinski definition) is 3. The summed E-state index contributed by atoms with van der Waals surface area (Å²) < 4.78 is 38.6. The monoisotopic (exact) mass is 289 g/mol. The van der Waals surface area contributed by atoms with Crippen LogP contribution in [0.2, 0.25) is 0 Å². The van der Waals surface area contributed by atoms with Gasteiger partial charge in [0.2, 0.25) is 0 Å². The van der Waals surface area contributed by atoms with E-state index >= 15 is 0 Å². The molecule has 0 fully saturated rings. The third kappa shape index (κ3) is 3.63. The number of halogens is 3. The molecule has 0 saturated carbocycles. The van der Waals surface area contributed by atoms with Crippen LogP contribution in [-0.2, 0) is 6.18 Å². The quantitative estimate of drug-likeness (QED) is 0.662. The lowest BCUT2D eigenvalue weighted by Gasteiger charge is -2.22. The molecule has 0 aliphatic heterocycles. The van der Waals surface area contributed by atoms with Crippen LogP contribution >= 0.6 is 0 Å². The van der Waals surface area contributed by atoms with Gasteiger partial charge in [0.1, 0.15) is 0 Å². The molecule has 3 N–H and O–H groups in total. The molecule has 7 heteroatoms. The summed E-state index contributed by atoms with van der Waals surface area (Å²) in [4.78, 5) is 13.6. The summed E-state index contributed by atoms with van der Waals surface area (Å²) in [6.45, 7) is 4.27. The van der Waals surface area contributed by atoms with Crippen LogP contribution in [0.1, 0.15) is 29.8 Å². The molecule has 4 nitrogen and oxygen atoms in total. The van der Waals surface area contributed by atoms with Crippen LogP contribution in [-0.4, -0.2) is 24.4 Å². The van der Waals surface area contributed by atoms with Crippen molar-refractivity contribution in [2.45, 2.75) is 20.0 Å². The van der Waals surface area contributed by atoms with Crippen molar-refractivity contribution in [3.05, 3.63) is 29.3 Å². The number of nitrogens with two attached hydrogens (primary N) is 1. The van der Waals surface area contributed by atoms with Crippen LogP contribution in [0, 0.1) is 5.92 Å². The number of benzene rings is 1. The van der Waals surface area contributed by atoms with E-state index < -0.39 is 23.3 Å². The highest BCUT2D eigenvalue weighted by Crippen LogP contribution is 2.36. The van der Waals surface area contributed by atoms with E-state index in [1.54, 1.807) is 7.05 Å². The van der Waals surface area contributed by atoms with Gasteiger partial charge in [0.05, 0.1) is 16.8 Å². The lowest BCUT2D eigenvalue weighted by atomic mass is 10.1. The van der Waals surface area contributed by atoms with Gasteiger partial charge in [-0.1, -0.05) is 19.9 Å². The molecule has 0 saturated heterocycles. The van der Waals surface area contributed by atoms with Gasteiger partial charge in [-0.25, -0.2) is 0 Å². The van der Waals surface area contributed by atoms with Crippen LogP contribution < -0.4 is 11.3 Å². The number of carbonyl (C=O) groups is 1. The van der Waals surface area contributed by atoms with E-state index in [1.165, 1.54) is 17.0 Å². The Morgan fingerprint density at radius 1 is 1.40 bits per heavy atom. The number of alkyl halides is 3. The normalized spacial score (nSPS) is 11.6. The first-order valence-corrected chi connectivity index (χ1v) is 6.10. The van der Waals surface area contributed by atoms with Crippen molar-refractivity contribution < 1.29 is 18.0 Å². The predicted octanol–water partition coefficient (Wildman–Crippen LogP) is 2.72. The van der Waals surface area contributed by atoms with Crippen molar-refractivity contribution in [2.24, 2.45) is 11.8 Å². The average molecular weight is 289 g/mol. The molecule has 0 spiro atoms. The molecule has 0 aliphatic rings. The van der Waals surface area contributed by atoms with Gasteiger partial charge in [0.25, 0.3) is 5.91 Å². The molecule has 0 aromatic heterocycles. The second-order valence-corrected chi connectivity index (χ2v) is 4.95. The average Bonchev–Trinajstić information content (AvgIpc) is 2.34. The second-order valence-electron chi connectivity index (χ2n) is 4.95. The minimum Gasteiger partial charge on any atom is -0.341 e. The van der Waals surface area contributed by atoms with E-state index in [4.69, 9.17) is 5.84 Å². The van der Waals surface area contributed by atoms with Gasteiger partial charge in [-0.3, -0.25) is 10.6 Å². The summed E-state index contributed by atoms with van der Waals surface area (Å²) >= 11 is 0. The minimum absolute atomic E-state index is 0.0922. The summed E-state index contributed by atoms with van der Waals surface area (Å²) in [5.74, 6) is 4.88. The fourth-order valence-corrected chi connectivity index (χ4v) is 1.96. The molecular formula is C13H18F3N3O. The number of carbonyl (C=O) groups excluding carboxylic acids is 1. The molecule has 1 rings (SSSR count). The molecule has 112 valence electrons. The maximum Gasteiger partial charge on any atom is 0.418 e. The second kappa shape index (κ2) is 6.13. The fraction of sp³-hybridized carbons (Fsp3) is 0.462. The number of nitrogen functional groups attached to an aromatic ring is 1. The first kappa shape index (κ1) is 16.3. The van der Waals surface area contributed by atoms with Crippen LogP contribution in [0.4, 0.5) is 18.9 Å². The molecule has 20 heavy (non-hydrogen) atoms. The van der Waals surface area contributed by atoms with Crippen molar-refractivity contribution in [1.82, 2.24) is 4.90 Å². The third-order valence-electron chi connectivity index (χ3n) is 2.73. The molecule has 0 bridgehead atoms. The van der Waals surface area contributed by atoms with Gasteiger partial charge in [-0.2, -0.15) is 13.2 Å². The van der Waals surface area contributed by atoms with E-state index in [0.717, 1.165) is 6.07 Å². The van der Waals surface area contributed by atoms with E-state index in [0.29, 0.717) is 6.54 Å². The van der Waals surface area contributed by atoms with Crippen molar-refractivity contribution >= 4 is 11.6 Å². The van der Waals surface area contributed by atoms with Gasteiger partial charge in [0, 0.05) is 13.6 Å². The van der Waals surface area contributed by atoms with Gasteiger partial charge >= 0.3 is 6.18 Å². The Kier molecular flexibility index (Phi) is 4.99. The topological polar surface area (TPSA) is 58.4 Å². The fourth-order valence-electron chi connectivity index (χ4n) is 1.96. The van der Waals surface area contributed by atoms with Crippen molar-refractivity contribution in [1.29, 1.82) is 0 Å². The Morgan fingerprint density at radius 2 is 2.00 bits per heavy atom. The van der Waals surface area contributed by atoms with Crippen LogP contribution in [0.3, 0.4) is 0 Å². The number of rotatable bonds is 4. The lowest BCUT2D eigenvalue weighted by Crippen LogP contribution is -2.31. The zero-order valence-electron chi connectivity index (χ0n) is 11.6. The Hall–Kier alpha value is -1.76. The summed E-state index contributed by atoms with van der Waals surface area (Å²) in [6.07, 6.45) is -4.57. The summed E-state index contributed by atoms with van der Waals surface area (Å²) in [6, 6.07) is 3.40. The molecule has 1 amide bonds. The molecule has 1 aromatic carbocycles. The van der Waals surface area contributed by atoms with Gasteiger partial charge < -0.3 is 10.3 Å². The molecule has 0 atom stereocenters. The van der Waals surface area contributed by atoms with Crippen molar-refractivity contribution in [3.8, 4) is 0 Å². The highest BCUT2D eigenvalue weighted by Gasteiger charge is 2.35. The largest absolute Gasteiger partial charge is 0.418 e. The summed E-state index contributed by atoms with van der Waals surface area (Å²) in [7, 11) is 1.54. The first-order chi connectivity index (χ1) is 9.18. The van der Waals surface area contributed by atoms with Gasteiger partial charge in [0.15, 0.2) is 0 Å². The van der Waals surface area contributed by atoms with Gasteiger partial charge in [-0.05, 0) is 18.1 Å². The number of nitrogens with one attached hydrogen (secondary N) is 1. The van der Waals surface area contributed by atoms with E-state index in [2.05, 4.69) is 0 Å². The Morgan fingerprint density at radius 3 is 2.45 bits per heavy atom. The van der Waals surface area contributed by atoms with E-state index in [-0.39, 0.29) is 11.5 Å². The smallest absolute Gasteiger partial charge is 0.341 e. The van der Waals surface area contributed by atoms with Crippen LogP contribution in [0.5, 0.6) is 0 Å². The molecule has 0 aliphatic carbocycles. The Balaban J connectivity index is 3.22. The third-order valence-corrected chi connectivity index (χ3v) is 2.73. The van der Waals surface area contributed by atoms with E-state index in [1.807, 2.05) is 19.3 Å². The lowest BCUT2D eigenvalue weighted by molar-refractivity contribution is -0.137. The summed E-state index contributed by atoms with van der Waals surface area (Å²) in [5, 5.41) is 0. The minimum atomic E-state index is -4.57. The molecule has 0 unspecified atom stereocenters. The number of nitrogens with zero attached hydrogens (tertiary/aromatic N) is 1. The van der Waals surface area contributed by atoms with Crippen LogP contribution in [0.25, 0.3) is 0 Å². The standard InChI is InChI=1S/C13H18F3N3O/c1-8(2)7-19(3)12(20)9-5-4-6-10(11(9)18-17)13(14,15)16/h4-6,8,18H,7,17H2,1-3H3. The molecular weight excluding hydrogens is 271 g/mol. The zero-order chi connectivity index (χ0) is 15.5. The molecule has 0 heterocycles. The van der Waals surface area contributed by atoms with Crippen molar-refractivity contribution in [2.75, 3.05) is 19.0 Å². The van der Waals surface area contributed by atoms with Gasteiger partial charge in [-0.15, -0.1) is 0 Å². The summed E-state index contributed by atoms with van der Waals surface area (Å²) in [5.41, 5.74) is 0.543. The number of hydrogen-bond donors (Lipinski definition) is 2. The van der Waals surface area contributed by atoms with Crippen LogP contribution in [0.15, 0.2) is 18.2 Å². The predicted molar refractivity (Wildman–Crippen MR) is 71.1 cm³/mol. The number of amides is 1. The number of anilines is 1. The maximum absolute atomic E-state index is 12.9. The Bertz CT molecular complexity index is 486. The van der Waals surface area contributed by atoms with Crippen molar-refractivity contribution in [3.63, 3.8) is 0 Å². The highest BCUT2D eigenvalue weighted by molar-refractivity contribution is 6.00. The number of para-hydroxylation sites is 1. The number of hydrazine groups is 1. The highest BCUT2D eigenvalue weighted by atomic mass is 19.4.